The molecule has 0 amide bonds. The van der Waals surface area contributed by atoms with Crippen molar-refractivity contribution >= 4 is 29.6 Å². The van der Waals surface area contributed by atoms with E-state index in [1.807, 2.05) is 39.0 Å². The normalized spacial score (nSPS) is 47.8. The number of fused-ring (bicyclic) bond motifs is 6. The van der Waals surface area contributed by atoms with E-state index in [4.69, 9.17) is 16.5 Å². The highest BCUT2D eigenvalue weighted by Gasteiger charge is 2.86. The van der Waals surface area contributed by atoms with E-state index in [2.05, 4.69) is 37.0 Å². The molecule has 4 bridgehead atoms. The number of Topliss-reactive ketones (excluding diaryl/α,β-unsaturated/α-hetero) is 2. The second kappa shape index (κ2) is 12.5. The second-order valence-electron chi connectivity index (χ2n) is 22.0. The number of ketones is 2. The molecule has 0 radical (unpaired) electrons. The molecule has 11 nitrogen and oxygen atoms in total. The first-order chi connectivity index (χ1) is 30.1. The lowest BCUT2D eigenvalue weighted by atomic mass is 9.33. The van der Waals surface area contributed by atoms with Crippen LogP contribution in [0.25, 0.3) is 6.08 Å². The molecule has 3 saturated carbocycles. The molecule has 0 unspecified atom stereocenters. The summed E-state index contributed by atoms with van der Waals surface area (Å²) in [4.78, 5) is 48.1. The highest BCUT2D eigenvalue weighted by Crippen LogP contribution is 2.85. The summed E-state index contributed by atoms with van der Waals surface area (Å²) in [6, 6.07) is 8.24. The second-order valence-corrected chi connectivity index (χ2v) is 22.0. The van der Waals surface area contributed by atoms with Gasteiger partial charge in [0.1, 0.15) is 28.1 Å². The van der Waals surface area contributed by atoms with Gasteiger partial charge in [-0.15, -0.1) is 11.8 Å². The van der Waals surface area contributed by atoms with Gasteiger partial charge < -0.3 is 37.0 Å². The van der Waals surface area contributed by atoms with E-state index in [-0.39, 0.29) is 86.5 Å². The number of carboxylic acids is 1. The number of nitrogens with zero attached hydrogens (tertiary/aromatic N) is 1. The Morgan fingerprint density at radius 1 is 0.875 bits per heavy atom. The van der Waals surface area contributed by atoms with Crippen LogP contribution in [0.4, 0.5) is 0 Å². The van der Waals surface area contributed by atoms with Gasteiger partial charge in [0.15, 0.2) is 11.7 Å². The van der Waals surface area contributed by atoms with Crippen molar-refractivity contribution in [3.8, 4) is 11.8 Å². The molecule has 2 spiro atoms. The number of nitrogens with two attached hydrogens (primary N) is 2. The lowest BCUT2D eigenvalue weighted by molar-refractivity contribution is -0.224. The maximum absolute atomic E-state index is 16.0. The summed E-state index contributed by atoms with van der Waals surface area (Å²) in [6.45, 7) is 7.93. The number of allylic oxidation sites excluding steroid dienone is 3. The van der Waals surface area contributed by atoms with Crippen molar-refractivity contribution in [3.63, 3.8) is 0 Å². The Balaban J connectivity index is 1.22. The fraction of sp³-hybridized carbons (Fsp3) is 0.547. The summed E-state index contributed by atoms with van der Waals surface area (Å²) in [5, 5.41) is 66.0. The summed E-state index contributed by atoms with van der Waals surface area (Å²) < 4.78 is 0. The van der Waals surface area contributed by atoms with Gasteiger partial charge in [-0.3, -0.25) is 9.59 Å². The number of rotatable bonds is 3. The molecule has 64 heavy (non-hydrogen) atoms. The van der Waals surface area contributed by atoms with Crippen LogP contribution in [0, 0.1) is 56.7 Å². The molecule has 0 aliphatic heterocycles. The number of aryl methyl sites for hydroxylation is 1. The largest absolute Gasteiger partial charge is 0.478 e. The Bertz CT molecular complexity index is 2710. The predicted molar refractivity (Wildman–Crippen MR) is 239 cm³/mol. The third kappa shape index (κ3) is 4.36. The first kappa shape index (κ1) is 41.8. The number of carboxylic acid groups (broad SMARTS) is 1. The molecule has 1 aromatic rings. The van der Waals surface area contributed by atoms with Crippen LogP contribution in [0.5, 0.6) is 0 Å². The standard InChI is InChI=1S/C53H59N3O8/c1-30-47(23-24-48(56-43(54)55)22-16-35-34(42(59)60)13-10-20-52(35,63)53(30,48)64)29-49(61)25-26-50(62)38(33-15-14-31-11-6-7-12-32(31)27-33)40-44(2)18-8-5-9-19-51(49)41(50)39(36(57)28-46(47,51)4)45(40,3)21-17-37(44)58/h6-7,10-12,20,23-27,30,38,40,61-64H,9,13-19,21-22,28-29H2,1-4H3,(H,59,60)(H4,54,55,56)/t30-,38-,40+,44+,45+,46+,47+,48-,49-,50+,51-,52+,53-/m0/s1. The van der Waals surface area contributed by atoms with Crippen LogP contribution in [-0.4, -0.2) is 77.0 Å². The summed E-state index contributed by atoms with van der Waals surface area (Å²) in [5.41, 5.74) is 1.15. The van der Waals surface area contributed by atoms with Gasteiger partial charge in [0.2, 0.25) is 0 Å². The monoisotopic (exact) mass is 865 g/mol. The molecular formula is C53H59N3O8. The highest BCUT2D eigenvalue weighted by atomic mass is 16.4. The van der Waals surface area contributed by atoms with Crippen LogP contribution in [-0.2, 0) is 20.8 Å². The molecule has 0 aromatic heterocycles. The topological polar surface area (TPSA) is 217 Å². The molecule has 9 N–H and O–H groups in total. The van der Waals surface area contributed by atoms with E-state index in [1.54, 1.807) is 24.3 Å². The lowest BCUT2D eigenvalue weighted by Crippen LogP contribution is -2.77. The number of carbonyl (C=O) groups excluding carboxylic acids is 2. The number of carbonyl (C=O) groups is 3. The number of aliphatic hydroxyl groups is 4. The number of guanidine groups is 1. The molecule has 11 rings (SSSR count). The van der Waals surface area contributed by atoms with E-state index < -0.39 is 78.7 Å². The zero-order valence-corrected chi connectivity index (χ0v) is 37.1. The van der Waals surface area contributed by atoms with Crippen LogP contribution in [0.1, 0.15) is 109 Å². The van der Waals surface area contributed by atoms with E-state index in [0.717, 1.165) is 17.6 Å². The predicted octanol–water partition coefficient (Wildman–Crippen LogP) is 5.32. The molecule has 334 valence electrons. The van der Waals surface area contributed by atoms with E-state index >= 15 is 4.79 Å². The molecule has 1 aromatic carbocycles. The first-order valence-corrected chi connectivity index (χ1v) is 23.2. The number of aliphatic imine (C=N–C) groups is 1. The zero-order chi connectivity index (χ0) is 45.5. The van der Waals surface area contributed by atoms with E-state index in [1.165, 1.54) is 11.6 Å². The summed E-state index contributed by atoms with van der Waals surface area (Å²) in [5.74, 6) is 3.04. The lowest BCUT2D eigenvalue weighted by Gasteiger charge is -2.71. The maximum atomic E-state index is 16.0. The van der Waals surface area contributed by atoms with Gasteiger partial charge >= 0.3 is 5.97 Å². The van der Waals surface area contributed by atoms with E-state index in [0.29, 0.717) is 24.0 Å². The van der Waals surface area contributed by atoms with Gasteiger partial charge in [-0.2, -0.15) is 0 Å². The van der Waals surface area contributed by atoms with Gasteiger partial charge in [0.25, 0.3) is 0 Å². The van der Waals surface area contributed by atoms with Gasteiger partial charge in [-0.1, -0.05) is 87.9 Å². The highest BCUT2D eigenvalue weighted by molar-refractivity contribution is 6.02. The Hall–Kier alpha value is -4.86. The molecular weight excluding hydrogens is 807 g/mol. The van der Waals surface area contributed by atoms with Crippen molar-refractivity contribution in [2.24, 2.45) is 61.3 Å². The summed E-state index contributed by atoms with van der Waals surface area (Å²) in [7, 11) is 0. The number of hydrogen-bond donors (Lipinski definition) is 7. The van der Waals surface area contributed by atoms with E-state index in [9.17, 15) is 35.1 Å². The van der Waals surface area contributed by atoms with Crippen LogP contribution in [0.15, 0.2) is 93.6 Å². The summed E-state index contributed by atoms with van der Waals surface area (Å²) >= 11 is 0. The van der Waals surface area contributed by atoms with Gasteiger partial charge in [-0.25, -0.2) is 9.79 Å². The zero-order valence-electron chi connectivity index (χ0n) is 37.1. The van der Waals surface area contributed by atoms with Crippen molar-refractivity contribution in [2.75, 3.05) is 0 Å². The SMILES string of the molecule is C[C@@H]1[C@]2(O)[C@@](N=C(N)N)(C=C[C@@]13C[C@@]1(O)C=C[C@]4(O)C5=C6C(=O)C[C@@]3(C)[C@]51CCC#CC[C@]1(C)C(=O)CC[C@@]6(C)[C@@H]1[C@@H]4C1=Cc3ccccc3CC1)CCC1=C(C(=O)O)CC=C[C@@]12O. The molecule has 0 saturated heterocycles. The van der Waals surface area contributed by atoms with Crippen LogP contribution >= 0.6 is 0 Å². The quantitative estimate of drug-likeness (QED) is 0.0898. The van der Waals surface area contributed by atoms with Crippen molar-refractivity contribution in [3.05, 3.63) is 99.7 Å². The molecule has 0 heterocycles. The molecule has 10 aliphatic rings. The first-order valence-electron chi connectivity index (χ1n) is 23.2. The minimum Gasteiger partial charge on any atom is -0.478 e. The molecule has 10 aliphatic carbocycles. The van der Waals surface area contributed by atoms with Crippen molar-refractivity contribution in [2.45, 2.75) is 133 Å². The maximum Gasteiger partial charge on any atom is 0.331 e. The van der Waals surface area contributed by atoms with Gasteiger partial charge in [0.05, 0.1) is 5.60 Å². The molecule has 3 fully saturated rings. The van der Waals surface area contributed by atoms with Crippen molar-refractivity contribution in [1.82, 2.24) is 0 Å². The number of aliphatic carboxylic acids is 1. The molecule has 13 atom stereocenters. The van der Waals surface area contributed by atoms with Crippen LogP contribution in [0.3, 0.4) is 0 Å². The minimum absolute atomic E-state index is 0.0117. The Kier molecular flexibility index (Phi) is 8.18. The minimum atomic E-state index is -2.31. The Labute approximate surface area is 373 Å². The smallest absolute Gasteiger partial charge is 0.331 e. The number of benzene rings is 1. The van der Waals surface area contributed by atoms with Crippen LogP contribution in [0.2, 0.25) is 0 Å². The fourth-order valence-electron chi connectivity index (χ4n) is 17.3. The Morgan fingerprint density at radius 2 is 1.64 bits per heavy atom. The van der Waals surface area contributed by atoms with Crippen molar-refractivity contribution < 1.29 is 39.9 Å². The molecule has 11 heteroatoms. The average molecular weight is 866 g/mol. The third-order valence-corrected chi connectivity index (χ3v) is 19.8. The number of hydrogen-bond acceptors (Lipinski definition) is 8. The van der Waals surface area contributed by atoms with Gasteiger partial charge in [0, 0.05) is 70.3 Å². The fourth-order valence-corrected chi connectivity index (χ4v) is 17.3. The van der Waals surface area contributed by atoms with Gasteiger partial charge in [-0.05, 0) is 97.1 Å². The average Bonchev–Trinajstić information content (AvgIpc) is 3.40. The van der Waals surface area contributed by atoms with Crippen molar-refractivity contribution in [1.29, 1.82) is 0 Å². The summed E-state index contributed by atoms with van der Waals surface area (Å²) in [6.07, 6.45) is 15.4. The van der Waals surface area contributed by atoms with Crippen LogP contribution < -0.4 is 11.5 Å². The Morgan fingerprint density at radius 3 is 2.39 bits per heavy atom. The third-order valence-electron chi connectivity index (χ3n) is 19.8.